The van der Waals surface area contributed by atoms with Crippen LogP contribution in [0.3, 0.4) is 0 Å². The maximum atomic E-state index is 11.5. The highest BCUT2D eigenvalue weighted by atomic mass is 19.4. The Kier molecular flexibility index (Phi) is 2.17. The van der Waals surface area contributed by atoms with Crippen LogP contribution in [0, 0.1) is 0 Å². The van der Waals surface area contributed by atoms with Gasteiger partial charge in [-0.15, -0.1) is 0 Å². The molecule has 11 heavy (non-hydrogen) atoms. The average Bonchev–Trinajstić information content (AvgIpc) is 2.62. The lowest BCUT2D eigenvalue weighted by Crippen LogP contribution is -2.22. The van der Waals surface area contributed by atoms with E-state index in [1.54, 1.807) is 0 Å². The van der Waals surface area contributed by atoms with Crippen molar-refractivity contribution in [2.24, 2.45) is 0 Å². The fraction of sp³-hybridized carbons (Fsp3) is 0.833. The Labute approximate surface area is 61.3 Å². The molecule has 1 rings (SSSR count). The zero-order valence-corrected chi connectivity index (χ0v) is 5.65. The molecule has 1 unspecified atom stereocenters. The Morgan fingerprint density at radius 3 is 2.45 bits per heavy atom. The molecule has 5 heteroatoms. The smallest absolute Gasteiger partial charge is 0.373 e. The van der Waals surface area contributed by atoms with Gasteiger partial charge in [-0.3, -0.25) is 4.79 Å². The number of ether oxygens (including phenoxy) is 1. The summed E-state index contributed by atoms with van der Waals surface area (Å²) in [4.78, 5) is 10.2. The molecule has 0 bridgehead atoms. The minimum absolute atomic E-state index is 0.110. The molecule has 1 saturated heterocycles. The summed E-state index contributed by atoms with van der Waals surface area (Å²) in [7, 11) is 0. The summed E-state index contributed by atoms with van der Waals surface area (Å²) in [6, 6.07) is 0. The number of hydrogen-bond acceptors (Lipinski definition) is 2. The molecule has 0 aliphatic carbocycles. The van der Waals surface area contributed by atoms with E-state index in [1.165, 1.54) is 0 Å². The van der Waals surface area contributed by atoms with E-state index in [9.17, 15) is 18.0 Å². The van der Waals surface area contributed by atoms with E-state index in [1.807, 2.05) is 0 Å². The Bertz CT molecular complexity index is 160. The van der Waals surface area contributed by atoms with Crippen molar-refractivity contribution >= 4 is 5.78 Å². The van der Waals surface area contributed by atoms with Crippen LogP contribution in [-0.4, -0.2) is 24.7 Å². The standard InChI is InChI=1S/C6H7F3O2/c7-6(8,9)5(10)2-1-4-3-11-4/h4H,1-3H2. The number of hydrogen-bond donors (Lipinski definition) is 0. The molecule has 0 spiro atoms. The maximum Gasteiger partial charge on any atom is 0.449 e. The molecule has 2 nitrogen and oxygen atoms in total. The van der Waals surface area contributed by atoms with E-state index in [2.05, 4.69) is 4.74 Å². The second kappa shape index (κ2) is 2.81. The molecule has 1 atom stereocenters. The highest BCUT2D eigenvalue weighted by molar-refractivity contribution is 5.83. The van der Waals surface area contributed by atoms with Crippen LogP contribution in [0.4, 0.5) is 13.2 Å². The van der Waals surface area contributed by atoms with Crippen LogP contribution in [0.1, 0.15) is 12.8 Å². The Morgan fingerprint density at radius 1 is 1.55 bits per heavy atom. The third kappa shape index (κ3) is 2.88. The topological polar surface area (TPSA) is 29.6 Å². The molecule has 1 fully saturated rings. The van der Waals surface area contributed by atoms with Crippen molar-refractivity contribution in [2.75, 3.05) is 6.61 Å². The van der Waals surface area contributed by atoms with E-state index in [0.29, 0.717) is 6.61 Å². The van der Waals surface area contributed by atoms with Gasteiger partial charge in [0.15, 0.2) is 0 Å². The summed E-state index contributed by atoms with van der Waals surface area (Å²) in [5.74, 6) is -1.66. The molecule has 0 aromatic heterocycles. The summed E-state index contributed by atoms with van der Waals surface area (Å²) in [5, 5.41) is 0. The maximum absolute atomic E-state index is 11.5. The Balaban J connectivity index is 2.19. The van der Waals surface area contributed by atoms with Gasteiger partial charge in [-0.1, -0.05) is 0 Å². The first-order valence-electron chi connectivity index (χ1n) is 3.22. The normalized spacial score (nSPS) is 23.4. The molecule has 0 saturated carbocycles. The van der Waals surface area contributed by atoms with E-state index >= 15 is 0 Å². The van der Waals surface area contributed by atoms with Crippen molar-refractivity contribution in [1.29, 1.82) is 0 Å². The molecule has 1 heterocycles. The summed E-state index contributed by atoms with van der Waals surface area (Å²) >= 11 is 0. The third-order valence-electron chi connectivity index (χ3n) is 1.41. The van der Waals surface area contributed by atoms with Crippen LogP contribution in [-0.2, 0) is 9.53 Å². The lowest BCUT2D eigenvalue weighted by molar-refractivity contribution is -0.171. The molecule has 0 amide bonds. The summed E-state index contributed by atoms with van der Waals surface area (Å²) in [6.45, 7) is 0.491. The van der Waals surface area contributed by atoms with Crippen molar-refractivity contribution < 1.29 is 22.7 Å². The van der Waals surface area contributed by atoms with Crippen LogP contribution in [0.25, 0.3) is 0 Å². The summed E-state index contributed by atoms with van der Waals surface area (Å²) < 4.78 is 39.2. The summed E-state index contributed by atoms with van der Waals surface area (Å²) in [6.07, 6.45) is -5.04. The van der Waals surface area contributed by atoms with E-state index < -0.39 is 18.4 Å². The molecule has 1 aliphatic rings. The Hall–Kier alpha value is -0.580. The number of epoxide rings is 1. The van der Waals surface area contributed by atoms with Crippen molar-refractivity contribution in [3.63, 3.8) is 0 Å². The minimum atomic E-state index is -4.67. The van der Waals surface area contributed by atoms with Crippen LogP contribution in [0.15, 0.2) is 0 Å². The first-order chi connectivity index (χ1) is 5.00. The second-order valence-corrected chi connectivity index (χ2v) is 2.41. The lowest BCUT2D eigenvalue weighted by atomic mass is 10.2. The number of alkyl halides is 3. The zero-order valence-electron chi connectivity index (χ0n) is 5.65. The van der Waals surface area contributed by atoms with Crippen molar-refractivity contribution in [3.8, 4) is 0 Å². The number of carbonyl (C=O) groups excluding carboxylic acids is 1. The van der Waals surface area contributed by atoms with Crippen molar-refractivity contribution in [2.45, 2.75) is 25.1 Å². The fourth-order valence-corrected chi connectivity index (χ4v) is 0.669. The van der Waals surface area contributed by atoms with Gasteiger partial charge in [0, 0.05) is 6.42 Å². The monoisotopic (exact) mass is 168 g/mol. The fourth-order valence-electron chi connectivity index (χ4n) is 0.669. The van der Waals surface area contributed by atoms with Gasteiger partial charge in [-0.05, 0) is 6.42 Å². The van der Waals surface area contributed by atoms with Gasteiger partial charge < -0.3 is 4.74 Å². The predicted octanol–water partition coefficient (Wildman–Crippen LogP) is 1.30. The number of halogens is 3. The van der Waals surface area contributed by atoms with Gasteiger partial charge in [0.2, 0.25) is 5.78 Å². The van der Waals surface area contributed by atoms with Gasteiger partial charge in [0.05, 0.1) is 12.7 Å². The Morgan fingerprint density at radius 2 is 2.09 bits per heavy atom. The number of ketones is 1. The van der Waals surface area contributed by atoms with Gasteiger partial charge in [0.1, 0.15) is 0 Å². The quantitative estimate of drug-likeness (QED) is 0.594. The molecule has 0 N–H and O–H groups in total. The molecular formula is C6H7F3O2. The first-order valence-corrected chi connectivity index (χ1v) is 3.22. The first kappa shape index (κ1) is 8.52. The van der Waals surface area contributed by atoms with Crippen LogP contribution >= 0.6 is 0 Å². The number of Topliss-reactive ketones (excluding diaryl/α,β-unsaturated/α-hetero) is 1. The highest BCUT2D eigenvalue weighted by Crippen LogP contribution is 2.22. The lowest BCUT2D eigenvalue weighted by Gasteiger charge is -2.02. The molecule has 0 aromatic carbocycles. The molecular weight excluding hydrogens is 161 g/mol. The van der Waals surface area contributed by atoms with Gasteiger partial charge in [-0.25, -0.2) is 0 Å². The van der Waals surface area contributed by atoms with Crippen LogP contribution < -0.4 is 0 Å². The minimum Gasteiger partial charge on any atom is -0.373 e. The number of rotatable bonds is 3. The molecule has 1 aliphatic heterocycles. The van der Waals surface area contributed by atoms with E-state index in [0.717, 1.165) is 0 Å². The van der Waals surface area contributed by atoms with Crippen LogP contribution in [0.2, 0.25) is 0 Å². The molecule has 64 valence electrons. The SMILES string of the molecule is O=C(CCC1CO1)C(F)(F)F. The van der Waals surface area contributed by atoms with Crippen molar-refractivity contribution in [1.82, 2.24) is 0 Å². The average molecular weight is 168 g/mol. The molecule has 0 radical (unpaired) electrons. The highest BCUT2D eigenvalue weighted by Gasteiger charge is 2.38. The van der Waals surface area contributed by atoms with E-state index in [4.69, 9.17) is 0 Å². The zero-order chi connectivity index (χ0) is 8.48. The largest absolute Gasteiger partial charge is 0.449 e. The van der Waals surface area contributed by atoms with Gasteiger partial charge >= 0.3 is 6.18 Å². The predicted molar refractivity (Wildman–Crippen MR) is 30.0 cm³/mol. The van der Waals surface area contributed by atoms with E-state index in [-0.39, 0.29) is 12.5 Å². The van der Waals surface area contributed by atoms with Gasteiger partial charge in [0.25, 0.3) is 0 Å². The summed E-state index contributed by atoms with van der Waals surface area (Å²) in [5.41, 5.74) is 0. The molecule has 0 aromatic rings. The second-order valence-electron chi connectivity index (χ2n) is 2.41. The number of carbonyl (C=O) groups is 1. The van der Waals surface area contributed by atoms with Gasteiger partial charge in [-0.2, -0.15) is 13.2 Å². The van der Waals surface area contributed by atoms with Crippen molar-refractivity contribution in [3.05, 3.63) is 0 Å². The van der Waals surface area contributed by atoms with Crippen LogP contribution in [0.5, 0.6) is 0 Å². The third-order valence-corrected chi connectivity index (χ3v) is 1.41.